The van der Waals surface area contributed by atoms with Crippen molar-refractivity contribution < 1.29 is 14.3 Å². The van der Waals surface area contributed by atoms with E-state index in [9.17, 15) is 4.79 Å². The van der Waals surface area contributed by atoms with Crippen LogP contribution in [0.25, 0.3) is 0 Å². The number of rotatable bonds is 5. The molecule has 0 unspecified atom stereocenters. The van der Waals surface area contributed by atoms with Crippen molar-refractivity contribution in [1.29, 1.82) is 0 Å². The fourth-order valence-electron chi connectivity index (χ4n) is 1.94. The highest BCUT2D eigenvalue weighted by atomic mass is 79.9. The predicted octanol–water partition coefficient (Wildman–Crippen LogP) is 4.24. The molecule has 0 aliphatic rings. The van der Waals surface area contributed by atoms with Crippen LogP contribution in [0.15, 0.2) is 46.9 Å². The molecule has 0 bridgehead atoms. The van der Waals surface area contributed by atoms with Gasteiger partial charge in [0.15, 0.2) is 5.78 Å². The molecule has 0 heterocycles. The standard InChI is InChI=1S/C16H15BrO3/c1-11(18)16-14(19-2)7-4-8-15(16)20-10-12-5-3-6-13(17)9-12/h3-9H,10H2,1-2H3. The Bertz CT molecular complexity index is 623. The van der Waals surface area contributed by atoms with Crippen LogP contribution in [0.5, 0.6) is 11.5 Å². The van der Waals surface area contributed by atoms with Crippen LogP contribution < -0.4 is 9.47 Å². The highest BCUT2D eigenvalue weighted by Crippen LogP contribution is 2.29. The molecule has 0 saturated carbocycles. The van der Waals surface area contributed by atoms with Crippen molar-refractivity contribution in [2.45, 2.75) is 13.5 Å². The third-order valence-electron chi connectivity index (χ3n) is 2.84. The molecule has 0 radical (unpaired) electrons. The van der Waals surface area contributed by atoms with Gasteiger partial charge in [0.05, 0.1) is 7.11 Å². The van der Waals surface area contributed by atoms with Gasteiger partial charge in [-0.2, -0.15) is 0 Å². The average Bonchev–Trinajstić information content (AvgIpc) is 2.44. The monoisotopic (exact) mass is 334 g/mol. The van der Waals surface area contributed by atoms with Crippen LogP contribution in [0.2, 0.25) is 0 Å². The first-order chi connectivity index (χ1) is 9.61. The van der Waals surface area contributed by atoms with Crippen LogP contribution in [0.4, 0.5) is 0 Å². The second kappa shape index (κ2) is 6.57. The third-order valence-corrected chi connectivity index (χ3v) is 3.34. The first kappa shape index (κ1) is 14.6. The highest BCUT2D eigenvalue weighted by Gasteiger charge is 2.14. The number of methoxy groups -OCH3 is 1. The molecule has 0 amide bonds. The summed E-state index contributed by atoms with van der Waals surface area (Å²) in [7, 11) is 1.54. The van der Waals surface area contributed by atoms with E-state index in [2.05, 4.69) is 15.9 Å². The van der Waals surface area contributed by atoms with E-state index in [4.69, 9.17) is 9.47 Å². The normalized spacial score (nSPS) is 10.2. The van der Waals surface area contributed by atoms with Crippen LogP contribution in [0, 0.1) is 0 Å². The lowest BCUT2D eigenvalue weighted by Crippen LogP contribution is -2.04. The largest absolute Gasteiger partial charge is 0.496 e. The second-order valence-corrected chi connectivity index (χ2v) is 5.22. The Morgan fingerprint density at radius 2 is 1.85 bits per heavy atom. The average molecular weight is 335 g/mol. The Hall–Kier alpha value is -1.81. The Morgan fingerprint density at radius 1 is 1.15 bits per heavy atom. The zero-order chi connectivity index (χ0) is 14.5. The maximum Gasteiger partial charge on any atom is 0.167 e. The van der Waals surface area contributed by atoms with E-state index in [1.807, 2.05) is 30.3 Å². The van der Waals surface area contributed by atoms with Crippen molar-refractivity contribution in [2.75, 3.05) is 7.11 Å². The van der Waals surface area contributed by atoms with Crippen LogP contribution in [-0.2, 0) is 6.61 Å². The van der Waals surface area contributed by atoms with Crippen molar-refractivity contribution in [2.24, 2.45) is 0 Å². The molecule has 0 aliphatic heterocycles. The van der Waals surface area contributed by atoms with E-state index in [1.54, 1.807) is 19.2 Å². The van der Waals surface area contributed by atoms with Crippen molar-refractivity contribution >= 4 is 21.7 Å². The lowest BCUT2D eigenvalue weighted by Gasteiger charge is -2.13. The molecule has 4 heteroatoms. The zero-order valence-electron chi connectivity index (χ0n) is 11.4. The molecule has 0 aromatic heterocycles. The molecular weight excluding hydrogens is 320 g/mol. The minimum atomic E-state index is -0.0771. The Balaban J connectivity index is 2.23. The Morgan fingerprint density at radius 3 is 2.50 bits per heavy atom. The SMILES string of the molecule is COc1cccc(OCc2cccc(Br)c2)c1C(C)=O. The van der Waals surface area contributed by atoms with Gasteiger partial charge in [0, 0.05) is 4.47 Å². The number of halogens is 1. The molecular formula is C16H15BrO3. The summed E-state index contributed by atoms with van der Waals surface area (Å²) in [6, 6.07) is 13.2. The molecule has 2 aromatic carbocycles. The summed E-state index contributed by atoms with van der Waals surface area (Å²) in [5, 5.41) is 0. The van der Waals surface area contributed by atoms with E-state index >= 15 is 0 Å². The van der Waals surface area contributed by atoms with Crippen LogP contribution >= 0.6 is 15.9 Å². The van der Waals surface area contributed by atoms with Crippen LogP contribution in [-0.4, -0.2) is 12.9 Å². The Kier molecular flexibility index (Phi) is 4.79. The number of carbonyl (C=O) groups excluding carboxylic acids is 1. The van der Waals surface area contributed by atoms with Crippen LogP contribution in [0.1, 0.15) is 22.8 Å². The summed E-state index contributed by atoms with van der Waals surface area (Å²) in [6.45, 7) is 1.90. The lowest BCUT2D eigenvalue weighted by molar-refractivity contribution is 0.101. The lowest BCUT2D eigenvalue weighted by atomic mass is 10.1. The topological polar surface area (TPSA) is 35.5 Å². The van der Waals surface area contributed by atoms with Crippen molar-refractivity contribution in [3.05, 3.63) is 58.1 Å². The molecule has 0 aliphatic carbocycles. The molecule has 0 atom stereocenters. The smallest absolute Gasteiger partial charge is 0.167 e. The van der Waals surface area contributed by atoms with Gasteiger partial charge in [-0.25, -0.2) is 0 Å². The molecule has 2 aromatic rings. The van der Waals surface area contributed by atoms with Gasteiger partial charge >= 0.3 is 0 Å². The minimum Gasteiger partial charge on any atom is -0.496 e. The highest BCUT2D eigenvalue weighted by molar-refractivity contribution is 9.10. The fourth-order valence-corrected chi connectivity index (χ4v) is 2.38. The zero-order valence-corrected chi connectivity index (χ0v) is 12.9. The second-order valence-electron chi connectivity index (χ2n) is 4.31. The molecule has 0 saturated heterocycles. The number of Topliss-reactive ketones (excluding diaryl/α,β-unsaturated/α-hetero) is 1. The fraction of sp³-hybridized carbons (Fsp3) is 0.188. The van der Waals surface area contributed by atoms with E-state index in [0.29, 0.717) is 23.7 Å². The third kappa shape index (κ3) is 3.39. The number of benzene rings is 2. The van der Waals surface area contributed by atoms with E-state index in [-0.39, 0.29) is 5.78 Å². The minimum absolute atomic E-state index is 0.0771. The van der Waals surface area contributed by atoms with Gasteiger partial charge in [-0.3, -0.25) is 4.79 Å². The molecule has 3 nitrogen and oxygen atoms in total. The first-order valence-electron chi connectivity index (χ1n) is 6.17. The Labute approximate surface area is 126 Å². The number of carbonyl (C=O) groups is 1. The van der Waals surface area contributed by atoms with E-state index in [1.165, 1.54) is 6.92 Å². The van der Waals surface area contributed by atoms with Crippen molar-refractivity contribution in [3.8, 4) is 11.5 Å². The molecule has 0 spiro atoms. The van der Waals surface area contributed by atoms with Gasteiger partial charge < -0.3 is 9.47 Å². The number of ether oxygens (including phenoxy) is 2. The van der Waals surface area contributed by atoms with Gasteiger partial charge in [-0.05, 0) is 36.8 Å². The number of hydrogen-bond donors (Lipinski definition) is 0. The summed E-state index contributed by atoms with van der Waals surface area (Å²) in [5.41, 5.74) is 1.50. The van der Waals surface area contributed by atoms with E-state index < -0.39 is 0 Å². The molecule has 0 N–H and O–H groups in total. The summed E-state index contributed by atoms with van der Waals surface area (Å²) >= 11 is 3.42. The summed E-state index contributed by atoms with van der Waals surface area (Å²) in [4.78, 5) is 11.7. The maximum absolute atomic E-state index is 11.7. The summed E-state index contributed by atoms with van der Waals surface area (Å²) in [5.74, 6) is 0.993. The van der Waals surface area contributed by atoms with Gasteiger partial charge in [0.1, 0.15) is 23.7 Å². The quantitative estimate of drug-likeness (QED) is 0.767. The summed E-state index contributed by atoms with van der Waals surface area (Å²) < 4.78 is 12.0. The molecule has 20 heavy (non-hydrogen) atoms. The van der Waals surface area contributed by atoms with Crippen molar-refractivity contribution in [1.82, 2.24) is 0 Å². The molecule has 2 rings (SSSR count). The maximum atomic E-state index is 11.7. The predicted molar refractivity (Wildman–Crippen MR) is 81.5 cm³/mol. The van der Waals surface area contributed by atoms with Gasteiger partial charge in [0.25, 0.3) is 0 Å². The van der Waals surface area contributed by atoms with E-state index in [0.717, 1.165) is 10.0 Å². The molecule has 104 valence electrons. The summed E-state index contributed by atoms with van der Waals surface area (Å²) in [6.07, 6.45) is 0. The van der Waals surface area contributed by atoms with Crippen molar-refractivity contribution in [3.63, 3.8) is 0 Å². The number of hydrogen-bond acceptors (Lipinski definition) is 3. The van der Waals surface area contributed by atoms with Gasteiger partial charge in [-0.1, -0.05) is 34.1 Å². The molecule has 0 fully saturated rings. The van der Waals surface area contributed by atoms with Gasteiger partial charge in [-0.15, -0.1) is 0 Å². The first-order valence-corrected chi connectivity index (χ1v) is 6.96. The van der Waals surface area contributed by atoms with Crippen LogP contribution in [0.3, 0.4) is 0 Å². The number of ketones is 1. The van der Waals surface area contributed by atoms with Gasteiger partial charge in [0.2, 0.25) is 0 Å².